The Morgan fingerprint density at radius 1 is 1.03 bits per heavy atom. The average molecular weight is 450 g/mol. The Hall–Kier alpha value is -2.14. The molecule has 0 radical (unpaired) electrons. The van der Waals surface area contributed by atoms with Crippen molar-refractivity contribution < 1.29 is 14.3 Å². The van der Waals surface area contributed by atoms with Crippen molar-refractivity contribution in [3.05, 3.63) is 51.9 Å². The second kappa shape index (κ2) is 7.72. The third-order valence-electron chi connectivity index (χ3n) is 8.67. The predicted molar refractivity (Wildman–Crippen MR) is 126 cm³/mol. The average Bonchev–Trinajstić information content (AvgIpc) is 3.15. The van der Waals surface area contributed by atoms with Gasteiger partial charge in [-0.05, 0) is 92.6 Å². The van der Waals surface area contributed by atoms with Crippen LogP contribution in [0.5, 0.6) is 0 Å². The van der Waals surface area contributed by atoms with E-state index in [2.05, 4.69) is 35.6 Å². The Kier molecular flexibility index (Phi) is 4.94. The number of carbonyl (C=O) groups is 2. The first-order chi connectivity index (χ1) is 15.5. The van der Waals surface area contributed by atoms with Crippen molar-refractivity contribution in [1.29, 1.82) is 0 Å². The maximum absolute atomic E-state index is 13.7. The van der Waals surface area contributed by atoms with E-state index in [1.807, 2.05) is 0 Å². The summed E-state index contributed by atoms with van der Waals surface area (Å²) >= 11 is 1.60. The monoisotopic (exact) mass is 449 g/mol. The highest BCUT2D eigenvalue weighted by molar-refractivity contribution is 7.17. The lowest BCUT2D eigenvalue weighted by molar-refractivity contribution is -0.140. The lowest BCUT2D eigenvalue weighted by Crippen LogP contribution is -2.51. The number of carbonyl (C=O) groups excluding carboxylic acids is 2. The zero-order valence-electron chi connectivity index (χ0n) is 18.7. The summed E-state index contributed by atoms with van der Waals surface area (Å²) in [6.45, 7) is 0. The number of esters is 1. The second-order valence-corrected chi connectivity index (χ2v) is 11.8. The Morgan fingerprint density at radius 2 is 1.69 bits per heavy atom. The Morgan fingerprint density at radius 3 is 2.31 bits per heavy atom. The van der Waals surface area contributed by atoms with Crippen molar-refractivity contribution in [2.24, 2.45) is 23.2 Å². The van der Waals surface area contributed by atoms with Crippen LogP contribution in [-0.2, 0) is 22.4 Å². The summed E-state index contributed by atoms with van der Waals surface area (Å²) in [7, 11) is 1.44. The van der Waals surface area contributed by atoms with Gasteiger partial charge in [0.2, 0.25) is 5.91 Å². The summed E-state index contributed by atoms with van der Waals surface area (Å²) < 4.78 is 5.16. The molecule has 0 spiro atoms. The molecule has 1 aromatic heterocycles. The van der Waals surface area contributed by atoms with Crippen LogP contribution >= 0.6 is 11.3 Å². The number of hydrogen-bond donors (Lipinski definition) is 1. The number of benzene rings is 1. The number of ether oxygens (including phenoxy) is 1. The molecule has 5 aliphatic rings. The smallest absolute Gasteiger partial charge is 0.341 e. The highest BCUT2D eigenvalue weighted by Crippen LogP contribution is 2.60. The number of nitrogens with one attached hydrogen (secondary N) is 1. The van der Waals surface area contributed by atoms with E-state index >= 15 is 0 Å². The van der Waals surface area contributed by atoms with Crippen molar-refractivity contribution in [3.63, 3.8) is 0 Å². The van der Waals surface area contributed by atoms with Crippen LogP contribution in [-0.4, -0.2) is 19.0 Å². The zero-order valence-corrected chi connectivity index (χ0v) is 19.5. The normalized spacial score (nSPS) is 32.4. The van der Waals surface area contributed by atoms with E-state index in [-0.39, 0.29) is 17.3 Å². The highest BCUT2D eigenvalue weighted by Gasteiger charge is 2.54. The minimum absolute atomic E-state index is 0.153. The Labute approximate surface area is 193 Å². The molecule has 168 valence electrons. The number of amides is 1. The topological polar surface area (TPSA) is 55.4 Å². The molecule has 0 saturated heterocycles. The summed E-state index contributed by atoms with van der Waals surface area (Å²) in [5.74, 6) is 2.45. The molecule has 4 bridgehead atoms. The molecule has 1 amide bonds. The van der Waals surface area contributed by atoms with Gasteiger partial charge in [0.25, 0.3) is 0 Å². The van der Waals surface area contributed by atoms with Crippen LogP contribution < -0.4 is 5.32 Å². The number of rotatable bonds is 4. The fraction of sp³-hybridized carbons (Fsp3) is 0.556. The molecule has 4 fully saturated rings. The summed E-state index contributed by atoms with van der Waals surface area (Å²) in [6.07, 6.45) is 9.80. The summed E-state index contributed by atoms with van der Waals surface area (Å²) in [6, 6.07) is 10.6. The van der Waals surface area contributed by atoms with E-state index in [0.717, 1.165) is 66.8 Å². The molecule has 1 N–H and O–H groups in total. The fourth-order valence-corrected chi connectivity index (χ4v) is 8.94. The van der Waals surface area contributed by atoms with Gasteiger partial charge in [0.05, 0.1) is 18.1 Å². The Bertz CT molecular complexity index is 1020. The Balaban J connectivity index is 1.29. The number of anilines is 1. The molecule has 4 saturated carbocycles. The maximum atomic E-state index is 13.7. The minimum Gasteiger partial charge on any atom is -0.465 e. The number of methoxy groups -OCH3 is 1. The van der Waals surface area contributed by atoms with E-state index in [4.69, 9.17) is 4.74 Å². The molecule has 2 aromatic rings. The van der Waals surface area contributed by atoms with Crippen molar-refractivity contribution >= 4 is 28.2 Å². The van der Waals surface area contributed by atoms with Gasteiger partial charge >= 0.3 is 5.97 Å². The standard InChI is InChI=1S/C27H31NO3S/c1-31-25(29)23-21-8-7-20(19-5-3-2-4-6-19)12-22(21)32-24(23)28-26(30)27-13-16-9-17(14-27)11-18(10-16)15-27/h2-6,16-18,20H,7-15H2,1H3,(H,28,30). The summed E-state index contributed by atoms with van der Waals surface area (Å²) in [5, 5.41) is 3.99. The number of thiophene rings is 1. The molecular formula is C27H31NO3S. The van der Waals surface area contributed by atoms with Crippen LogP contribution in [0.2, 0.25) is 0 Å². The first kappa shape index (κ1) is 20.5. The van der Waals surface area contributed by atoms with E-state index in [9.17, 15) is 9.59 Å². The van der Waals surface area contributed by atoms with E-state index in [1.54, 1.807) is 11.3 Å². The molecule has 5 heteroatoms. The third-order valence-corrected chi connectivity index (χ3v) is 9.84. The molecule has 1 heterocycles. The van der Waals surface area contributed by atoms with Crippen LogP contribution in [0.15, 0.2) is 30.3 Å². The van der Waals surface area contributed by atoms with Gasteiger partial charge in [-0.3, -0.25) is 4.79 Å². The van der Waals surface area contributed by atoms with Gasteiger partial charge in [-0.15, -0.1) is 11.3 Å². The molecule has 32 heavy (non-hydrogen) atoms. The molecule has 1 unspecified atom stereocenters. The van der Waals surface area contributed by atoms with Crippen molar-refractivity contribution in [2.45, 2.75) is 63.7 Å². The predicted octanol–water partition coefficient (Wildman–Crippen LogP) is 5.96. The van der Waals surface area contributed by atoms with Gasteiger partial charge < -0.3 is 10.1 Å². The van der Waals surface area contributed by atoms with E-state index in [0.29, 0.717) is 11.5 Å². The van der Waals surface area contributed by atoms with Crippen molar-refractivity contribution in [2.75, 3.05) is 12.4 Å². The number of hydrogen-bond acceptors (Lipinski definition) is 4. The fourth-order valence-electron chi connectivity index (χ4n) is 7.63. The van der Waals surface area contributed by atoms with Gasteiger partial charge in [0.1, 0.15) is 5.00 Å². The quantitative estimate of drug-likeness (QED) is 0.586. The largest absolute Gasteiger partial charge is 0.465 e. The van der Waals surface area contributed by atoms with E-state index < -0.39 is 0 Å². The van der Waals surface area contributed by atoms with Gasteiger partial charge in [-0.2, -0.15) is 0 Å². The van der Waals surface area contributed by atoms with Crippen LogP contribution in [0.1, 0.15) is 77.2 Å². The highest BCUT2D eigenvalue weighted by atomic mass is 32.1. The first-order valence-corrected chi connectivity index (χ1v) is 13.0. The third kappa shape index (κ3) is 3.32. The van der Waals surface area contributed by atoms with E-state index in [1.165, 1.54) is 36.8 Å². The minimum atomic E-state index is -0.318. The molecule has 5 aliphatic carbocycles. The molecule has 1 atom stereocenters. The summed E-state index contributed by atoms with van der Waals surface area (Å²) in [5.41, 5.74) is 2.83. The maximum Gasteiger partial charge on any atom is 0.341 e. The summed E-state index contributed by atoms with van der Waals surface area (Å²) in [4.78, 5) is 27.7. The molecule has 0 aliphatic heterocycles. The first-order valence-electron chi connectivity index (χ1n) is 12.1. The second-order valence-electron chi connectivity index (χ2n) is 10.7. The molecule has 4 nitrogen and oxygen atoms in total. The van der Waals surface area contributed by atoms with Crippen LogP contribution in [0, 0.1) is 23.2 Å². The van der Waals surface area contributed by atoms with Crippen molar-refractivity contribution in [3.8, 4) is 0 Å². The van der Waals surface area contributed by atoms with Gasteiger partial charge in [-0.1, -0.05) is 30.3 Å². The van der Waals surface area contributed by atoms with Gasteiger partial charge in [0, 0.05) is 4.88 Å². The molecule has 1 aromatic carbocycles. The van der Waals surface area contributed by atoms with Crippen LogP contribution in [0.4, 0.5) is 5.00 Å². The SMILES string of the molecule is COC(=O)c1c(NC(=O)C23CC4CC(CC(C4)C2)C3)sc2c1CCC(c1ccccc1)C2. The molecular weight excluding hydrogens is 418 g/mol. The zero-order chi connectivity index (χ0) is 21.9. The lowest BCUT2D eigenvalue weighted by atomic mass is 9.49. The van der Waals surface area contributed by atoms with Gasteiger partial charge in [-0.25, -0.2) is 4.79 Å². The molecule has 7 rings (SSSR count). The lowest BCUT2D eigenvalue weighted by Gasteiger charge is -2.55. The van der Waals surface area contributed by atoms with Crippen LogP contribution in [0.3, 0.4) is 0 Å². The van der Waals surface area contributed by atoms with Gasteiger partial charge in [0.15, 0.2) is 0 Å². The van der Waals surface area contributed by atoms with Crippen LogP contribution in [0.25, 0.3) is 0 Å². The van der Waals surface area contributed by atoms with Crippen molar-refractivity contribution in [1.82, 2.24) is 0 Å². The number of fused-ring (bicyclic) bond motifs is 1.